The van der Waals surface area contributed by atoms with Gasteiger partial charge in [-0.25, -0.2) is 0 Å². The molecule has 2 atom stereocenters. The van der Waals surface area contributed by atoms with Crippen molar-refractivity contribution in [2.45, 2.75) is 45.2 Å². The largest absolute Gasteiger partial charge is 0.481 e. The molecule has 192 valence electrons. The van der Waals surface area contributed by atoms with Gasteiger partial charge in [-0.1, -0.05) is 79.9 Å². The first-order chi connectivity index (χ1) is 17.0. The van der Waals surface area contributed by atoms with Crippen molar-refractivity contribution in [3.8, 4) is 11.1 Å². The van der Waals surface area contributed by atoms with Crippen molar-refractivity contribution in [1.82, 2.24) is 0 Å². The van der Waals surface area contributed by atoms with Gasteiger partial charge >= 0.3 is 12.1 Å². The van der Waals surface area contributed by atoms with Gasteiger partial charge in [0.05, 0.1) is 23.0 Å². The molecule has 0 fully saturated rings. The summed E-state index contributed by atoms with van der Waals surface area (Å²) in [5, 5.41) is 13.3. The highest BCUT2D eigenvalue weighted by molar-refractivity contribution is 6.33. The molecule has 0 bridgehead atoms. The molecule has 3 aromatic carbocycles. The van der Waals surface area contributed by atoms with Crippen LogP contribution in [0.5, 0.6) is 0 Å². The van der Waals surface area contributed by atoms with Crippen molar-refractivity contribution in [3.05, 3.63) is 87.4 Å². The summed E-state index contributed by atoms with van der Waals surface area (Å²) in [6.07, 6.45) is -2.75. The van der Waals surface area contributed by atoms with E-state index < -0.39 is 24.0 Å². The maximum Gasteiger partial charge on any atom is 0.392 e. The number of hydrogen-bond donors (Lipinski definition) is 2. The van der Waals surface area contributed by atoms with Gasteiger partial charge in [-0.05, 0) is 58.5 Å². The number of hydrogen-bond acceptors (Lipinski definition) is 2. The average Bonchev–Trinajstić information content (AvgIpc) is 2.81. The Labute approximate surface area is 219 Å². The van der Waals surface area contributed by atoms with Crippen LogP contribution in [0.2, 0.25) is 10.0 Å². The van der Waals surface area contributed by atoms with Crippen LogP contribution in [-0.4, -0.2) is 23.8 Å². The molecule has 0 spiro atoms. The Morgan fingerprint density at radius 2 is 1.72 bits per heavy atom. The van der Waals surface area contributed by atoms with Crippen LogP contribution in [0.25, 0.3) is 11.1 Å². The normalized spacial score (nSPS) is 13.3. The molecule has 0 aliphatic carbocycles. The Balaban J connectivity index is 1.95. The SMILES string of the molecule is CCCc1ccc(CC(=O)O)c(-c2ccc(Cl)c(NC[C@H](c3ccc(Cl)cc3)[C@@H](C)C(F)(F)F)c2)c1. The Morgan fingerprint density at radius 1 is 1.03 bits per heavy atom. The number of carboxylic acids is 1. The maximum atomic E-state index is 13.7. The van der Waals surface area contributed by atoms with Gasteiger partial charge in [-0.3, -0.25) is 4.79 Å². The van der Waals surface area contributed by atoms with E-state index in [0.717, 1.165) is 36.5 Å². The number of alkyl halides is 3. The highest BCUT2D eigenvalue weighted by Crippen LogP contribution is 2.39. The van der Waals surface area contributed by atoms with Crippen LogP contribution in [0.4, 0.5) is 18.9 Å². The van der Waals surface area contributed by atoms with Gasteiger partial charge < -0.3 is 10.4 Å². The lowest BCUT2D eigenvalue weighted by atomic mass is 9.86. The van der Waals surface area contributed by atoms with E-state index in [0.29, 0.717) is 26.9 Å². The van der Waals surface area contributed by atoms with Crippen molar-refractivity contribution < 1.29 is 23.1 Å². The van der Waals surface area contributed by atoms with Gasteiger partial charge in [0, 0.05) is 17.5 Å². The topological polar surface area (TPSA) is 49.3 Å². The number of anilines is 1. The molecule has 3 aromatic rings. The van der Waals surface area contributed by atoms with E-state index >= 15 is 0 Å². The van der Waals surface area contributed by atoms with Crippen LogP contribution in [0.1, 0.15) is 42.9 Å². The molecule has 0 aliphatic heterocycles. The zero-order valence-electron chi connectivity index (χ0n) is 20.0. The Kier molecular flexibility index (Phi) is 9.31. The Hall–Kier alpha value is -2.70. The predicted molar refractivity (Wildman–Crippen MR) is 140 cm³/mol. The number of benzene rings is 3. The van der Waals surface area contributed by atoms with E-state index in [4.69, 9.17) is 23.2 Å². The quantitative estimate of drug-likeness (QED) is 0.272. The van der Waals surface area contributed by atoms with E-state index in [1.807, 2.05) is 18.2 Å². The van der Waals surface area contributed by atoms with Crippen LogP contribution in [0, 0.1) is 5.92 Å². The fourth-order valence-corrected chi connectivity index (χ4v) is 4.53. The van der Waals surface area contributed by atoms with Crippen molar-refractivity contribution >= 4 is 34.9 Å². The summed E-state index contributed by atoms with van der Waals surface area (Å²) in [6, 6.07) is 17.3. The molecule has 2 N–H and O–H groups in total. The fraction of sp³-hybridized carbons (Fsp3) is 0.321. The molecule has 0 radical (unpaired) electrons. The van der Waals surface area contributed by atoms with E-state index in [1.54, 1.807) is 42.5 Å². The lowest BCUT2D eigenvalue weighted by Crippen LogP contribution is -2.30. The van der Waals surface area contributed by atoms with Gasteiger partial charge in [0.15, 0.2) is 0 Å². The lowest BCUT2D eigenvalue weighted by Gasteiger charge is -2.27. The minimum absolute atomic E-state index is 0.0106. The number of carboxylic acid groups (broad SMARTS) is 1. The fourth-order valence-electron chi connectivity index (χ4n) is 4.22. The summed E-state index contributed by atoms with van der Waals surface area (Å²) >= 11 is 12.4. The van der Waals surface area contributed by atoms with E-state index in [2.05, 4.69) is 12.2 Å². The van der Waals surface area contributed by atoms with E-state index in [-0.39, 0.29) is 13.0 Å². The molecule has 0 saturated carbocycles. The van der Waals surface area contributed by atoms with Crippen LogP contribution in [0.15, 0.2) is 60.7 Å². The number of aliphatic carboxylic acids is 1. The van der Waals surface area contributed by atoms with Crippen LogP contribution in [-0.2, 0) is 17.6 Å². The number of nitrogens with one attached hydrogen (secondary N) is 1. The molecule has 0 aromatic heterocycles. The molecule has 0 unspecified atom stereocenters. The van der Waals surface area contributed by atoms with Crippen molar-refractivity contribution in [2.24, 2.45) is 5.92 Å². The first kappa shape index (κ1) is 27.9. The summed E-state index contributed by atoms with van der Waals surface area (Å²) in [4.78, 5) is 11.4. The number of rotatable bonds is 10. The van der Waals surface area contributed by atoms with Crippen LogP contribution < -0.4 is 5.32 Å². The van der Waals surface area contributed by atoms with Crippen molar-refractivity contribution in [3.63, 3.8) is 0 Å². The summed E-state index contributed by atoms with van der Waals surface area (Å²) in [5.41, 5.74) is 4.22. The minimum Gasteiger partial charge on any atom is -0.481 e. The molecule has 0 saturated heterocycles. The van der Waals surface area contributed by atoms with Crippen LogP contribution >= 0.6 is 23.2 Å². The monoisotopic (exact) mass is 537 g/mol. The Morgan fingerprint density at radius 3 is 2.33 bits per heavy atom. The minimum atomic E-state index is -4.39. The maximum absolute atomic E-state index is 13.7. The highest BCUT2D eigenvalue weighted by Gasteiger charge is 2.41. The summed E-state index contributed by atoms with van der Waals surface area (Å²) in [5.74, 6) is -3.43. The van der Waals surface area contributed by atoms with Gasteiger partial charge in [0.1, 0.15) is 0 Å². The van der Waals surface area contributed by atoms with Gasteiger partial charge in [0.2, 0.25) is 0 Å². The second kappa shape index (κ2) is 12.0. The molecule has 0 aliphatic rings. The molecule has 3 rings (SSSR count). The average molecular weight is 538 g/mol. The molecule has 0 amide bonds. The third kappa shape index (κ3) is 7.17. The molecule has 8 heteroatoms. The standard InChI is InChI=1S/C28H28Cl2F3NO2/c1-3-4-18-5-6-21(15-27(35)36)23(13-18)20-9-12-25(30)26(14-20)34-16-24(17(2)28(31,32)33)19-7-10-22(29)11-8-19/h5-14,17,24,34H,3-4,15-16H2,1-2H3,(H,35,36)/t17-,24+/m1/s1. The van der Waals surface area contributed by atoms with Crippen molar-refractivity contribution in [1.29, 1.82) is 0 Å². The number of halogens is 5. The van der Waals surface area contributed by atoms with E-state index in [1.165, 1.54) is 0 Å². The molecule has 36 heavy (non-hydrogen) atoms. The van der Waals surface area contributed by atoms with Crippen LogP contribution in [0.3, 0.4) is 0 Å². The lowest BCUT2D eigenvalue weighted by molar-refractivity contribution is -0.174. The van der Waals surface area contributed by atoms with Gasteiger partial charge in [0.25, 0.3) is 0 Å². The summed E-state index contributed by atoms with van der Waals surface area (Å²) < 4.78 is 41.0. The first-order valence-electron chi connectivity index (χ1n) is 11.7. The third-order valence-electron chi connectivity index (χ3n) is 6.26. The molecule has 3 nitrogen and oxygen atoms in total. The molecule has 0 heterocycles. The summed E-state index contributed by atoms with van der Waals surface area (Å²) in [6.45, 7) is 3.22. The zero-order valence-corrected chi connectivity index (χ0v) is 21.5. The van der Waals surface area contributed by atoms with Crippen molar-refractivity contribution in [2.75, 3.05) is 11.9 Å². The number of carbonyl (C=O) groups is 1. The van der Waals surface area contributed by atoms with E-state index in [9.17, 15) is 23.1 Å². The molecular formula is C28H28Cl2F3NO2. The predicted octanol–water partition coefficient (Wildman–Crippen LogP) is 8.63. The summed E-state index contributed by atoms with van der Waals surface area (Å²) in [7, 11) is 0. The van der Waals surface area contributed by atoms with Gasteiger partial charge in [-0.2, -0.15) is 13.2 Å². The first-order valence-corrected chi connectivity index (χ1v) is 12.4. The second-order valence-corrected chi connectivity index (χ2v) is 9.72. The highest BCUT2D eigenvalue weighted by atomic mass is 35.5. The number of aryl methyl sites for hydroxylation is 1. The smallest absolute Gasteiger partial charge is 0.392 e. The Bertz CT molecular complexity index is 1200. The zero-order chi connectivity index (χ0) is 26.5. The molecular weight excluding hydrogens is 510 g/mol. The third-order valence-corrected chi connectivity index (χ3v) is 6.84. The van der Waals surface area contributed by atoms with Gasteiger partial charge in [-0.15, -0.1) is 0 Å². The second-order valence-electron chi connectivity index (χ2n) is 8.88.